The summed E-state index contributed by atoms with van der Waals surface area (Å²) in [7, 11) is 0. The maximum Gasteiger partial charge on any atom is 0.200 e. The topological polar surface area (TPSA) is 30.7 Å². The standard InChI is InChI=1S/C15H8F5N3/c16-11-9(12(17)14(19)15(20)13(11)18)6-23-7-10(21-22-23)8-4-2-1-3-5-8/h1-5,7H,6H2. The van der Waals surface area contributed by atoms with Gasteiger partial charge in [-0.25, -0.2) is 26.6 Å². The summed E-state index contributed by atoms with van der Waals surface area (Å²) in [6.07, 6.45) is 1.35. The summed E-state index contributed by atoms with van der Waals surface area (Å²) < 4.78 is 67.6. The summed E-state index contributed by atoms with van der Waals surface area (Å²) in [4.78, 5) is 0. The smallest absolute Gasteiger partial charge is 0.200 e. The van der Waals surface area contributed by atoms with Gasteiger partial charge in [0.15, 0.2) is 23.3 Å². The van der Waals surface area contributed by atoms with Crippen molar-refractivity contribution in [1.29, 1.82) is 0 Å². The Hall–Kier alpha value is -2.77. The molecule has 0 radical (unpaired) electrons. The highest BCUT2D eigenvalue weighted by Gasteiger charge is 2.26. The molecule has 0 aliphatic carbocycles. The van der Waals surface area contributed by atoms with Crippen molar-refractivity contribution in [3.8, 4) is 11.3 Å². The van der Waals surface area contributed by atoms with Gasteiger partial charge in [-0.2, -0.15) is 0 Å². The van der Waals surface area contributed by atoms with Crippen molar-refractivity contribution in [3.05, 3.63) is 71.2 Å². The van der Waals surface area contributed by atoms with E-state index in [1.165, 1.54) is 6.20 Å². The SMILES string of the molecule is Fc1c(F)c(F)c(Cn2cc(-c3ccccc3)nn2)c(F)c1F. The fourth-order valence-corrected chi connectivity index (χ4v) is 2.07. The summed E-state index contributed by atoms with van der Waals surface area (Å²) in [6.45, 7) is -0.633. The van der Waals surface area contributed by atoms with Crippen LogP contribution < -0.4 is 0 Å². The molecule has 118 valence electrons. The molecule has 0 unspecified atom stereocenters. The number of hydrogen-bond acceptors (Lipinski definition) is 2. The number of benzene rings is 2. The van der Waals surface area contributed by atoms with Crippen molar-refractivity contribution >= 4 is 0 Å². The van der Waals surface area contributed by atoms with Gasteiger partial charge >= 0.3 is 0 Å². The van der Waals surface area contributed by atoms with Gasteiger partial charge in [0, 0.05) is 5.56 Å². The van der Waals surface area contributed by atoms with Gasteiger partial charge in [-0.3, -0.25) is 0 Å². The van der Waals surface area contributed by atoms with E-state index in [2.05, 4.69) is 10.3 Å². The molecule has 1 heterocycles. The molecule has 0 amide bonds. The van der Waals surface area contributed by atoms with Crippen LogP contribution in [-0.4, -0.2) is 15.0 Å². The molecule has 0 bridgehead atoms. The molecule has 0 aliphatic rings. The Kier molecular flexibility index (Phi) is 3.81. The second-order valence-corrected chi connectivity index (χ2v) is 4.72. The van der Waals surface area contributed by atoms with E-state index >= 15 is 0 Å². The van der Waals surface area contributed by atoms with Crippen LogP contribution in [0.2, 0.25) is 0 Å². The van der Waals surface area contributed by atoms with Crippen molar-refractivity contribution in [2.45, 2.75) is 6.54 Å². The Morgan fingerprint density at radius 1 is 0.783 bits per heavy atom. The highest BCUT2D eigenvalue weighted by molar-refractivity contribution is 5.57. The van der Waals surface area contributed by atoms with Crippen molar-refractivity contribution in [2.75, 3.05) is 0 Å². The highest BCUT2D eigenvalue weighted by atomic mass is 19.2. The van der Waals surface area contributed by atoms with Crippen LogP contribution >= 0.6 is 0 Å². The van der Waals surface area contributed by atoms with Crippen LogP contribution in [0.5, 0.6) is 0 Å². The van der Waals surface area contributed by atoms with Crippen LogP contribution in [0.15, 0.2) is 36.5 Å². The van der Waals surface area contributed by atoms with Gasteiger partial charge in [-0.15, -0.1) is 5.10 Å². The molecule has 0 aliphatic heterocycles. The Bertz CT molecular complexity index is 832. The molecule has 1 aromatic heterocycles. The minimum Gasteiger partial charge on any atom is -0.247 e. The van der Waals surface area contributed by atoms with E-state index in [-0.39, 0.29) is 0 Å². The molecule has 3 aromatic rings. The molecule has 0 saturated heterocycles. The number of nitrogens with zero attached hydrogens (tertiary/aromatic N) is 3. The zero-order valence-corrected chi connectivity index (χ0v) is 11.4. The Labute approximate surface area is 127 Å². The number of aromatic nitrogens is 3. The molecule has 0 saturated carbocycles. The van der Waals surface area contributed by atoms with E-state index < -0.39 is 41.2 Å². The molecule has 0 spiro atoms. The fraction of sp³-hybridized carbons (Fsp3) is 0.0667. The maximum atomic E-state index is 13.6. The van der Waals surface area contributed by atoms with Crippen LogP contribution in [0.3, 0.4) is 0 Å². The van der Waals surface area contributed by atoms with Crippen LogP contribution in [-0.2, 0) is 6.54 Å². The van der Waals surface area contributed by atoms with E-state index in [1.807, 2.05) is 0 Å². The molecule has 2 aromatic carbocycles. The molecule has 8 heteroatoms. The molecular weight excluding hydrogens is 317 g/mol. The fourth-order valence-electron chi connectivity index (χ4n) is 2.07. The van der Waals surface area contributed by atoms with E-state index in [1.54, 1.807) is 30.3 Å². The number of halogens is 5. The van der Waals surface area contributed by atoms with Crippen LogP contribution in [0.4, 0.5) is 22.0 Å². The van der Waals surface area contributed by atoms with Gasteiger partial charge in [0.1, 0.15) is 5.69 Å². The minimum atomic E-state index is -2.19. The predicted octanol–water partition coefficient (Wildman–Crippen LogP) is 3.69. The third-order valence-electron chi connectivity index (χ3n) is 3.23. The van der Waals surface area contributed by atoms with Gasteiger partial charge in [-0.05, 0) is 0 Å². The average Bonchev–Trinajstić information content (AvgIpc) is 3.05. The lowest BCUT2D eigenvalue weighted by Crippen LogP contribution is -2.11. The largest absolute Gasteiger partial charge is 0.247 e. The van der Waals surface area contributed by atoms with Crippen LogP contribution in [0.25, 0.3) is 11.3 Å². The first kappa shape index (κ1) is 15.1. The molecule has 3 nitrogen and oxygen atoms in total. The van der Waals surface area contributed by atoms with E-state index in [9.17, 15) is 22.0 Å². The van der Waals surface area contributed by atoms with Crippen molar-refractivity contribution < 1.29 is 22.0 Å². The minimum absolute atomic E-state index is 0.412. The second kappa shape index (κ2) is 5.79. The molecule has 23 heavy (non-hydrogen) atoms. The summed E-state index contributed by atoms with van der Waals surface area (Å²) in [6, 6.07) is 8.80. The predicted molar refractivity (Wildman–Crippen MR) is 70.8 cm³/mol. The first-order valence-corrected chi connectivity index (χ1v) is 6.45. The molecule has 0 atom stereocenters. The third kappa shape index (κ3) is 2.67. The lowest BCUT2D eigenvalue weighted by molar-refractivity contribution is 0.366. The first-order valence-electron chi connectivity index (χ1n) is 6.45. The monoisotopic (exact) mass is 325 g/mol. The Balaban J connectivity index is 1.97. The van der Waals surface area contributed by atoms with Crippen LogP contribution in [0, 0.1) is 29.1 Å². The lowest BCUT2D eigenvalue weighted by Gasteiger charge is -2.07. The van der Waals surface area contributed by atoms with Gasteiger partial charge in [0.05, 0.1) is 18.3 Å². The summed E-state index contributed by atoms with van der Waals surface area (Å²) in [5.41, 5.74) is 0.150. The van der Waals surface area contributed by atoms with Gasteiger partial charge in [0.2, 0.25) is 5.82 Å². The lowest BCUT2D eigenvalue weighted by atomic mass is 10.1. The van der Waals surface area contributed by atoms with Gasteiger partial charge in [0.25, 0.3) is 0 Å². The molecular formula is C15H8F5N3. The summed E-state index contributed by atoms with van der Waals surface area (Å²) in [5.74, 6) is -9.91. The quantitative estimate of drug-likeness (QED) is 0.418. The van der Waals surface area contributed by atoms with Crippen molar-refractivity contribution in [1.82, 2.24) is 15.0 Å². The highest BCUT2D eigenvalue weighted by Crippen LogP contribution is 2.24. The summed E-state index contributed by atoms with van der Waals surface area (Å²) in [5, 5.41) is 7.46. The number of hydrogen-bond donors (Lipinski definition) is 0. The molecule has 0 fully saturated rings. The van der Waals surface area contributed by atoms with Crippen molar-refractivity contribution in [3.63, 3.8) is 0 Å². The van der Waals surface area contributed by atoms with E-state index in [4.69, 9.17) is 0 Å². The third-order valence-corrected chi connectivity index (χ3v) is 3.23. The zero-order chi connectivity index (χ0) is 16.6. The average molecular weight is 325 g/mol. The van der Waals surface area contributed by atoms with Gasteiger partial charge < -0.3 is 0 Å². The number of rotatable bonds is 3. The molecule has 3 rings (SSSR count). The zero-order valence-electron chi connectivity index (χ0n) is 11.4. The maximum absolute atomic E-state index is 13.6. The van der Waals surface area contributed by atoms with E-state index in [0.29, 0.717) is 11.3 Å². The van der Waals surface area contributed by atoms with Crippen molar-refractivity contribution in [2.24, 2.45) is 0 Å². The Morgan fingerprint density at radius 3 is 1.96 bits per heavy atom. The molecule has 0 N–H and O–H groups in total. The van der Waals surface area contributed by atoms with E-state index in [0.717, 1.165) is 4.68 Å². The van der Waals surface area contributed by atoms with Crippen LogP contribution in [0.1, 0.15) is 5.56 Å². The second-order valence-electron chi connectivity index (χ2n) is 4.72. The Morgan fingerprint density at radius 2 is 1.35 bits per heavy atom. The first-order chi connectivity index (χ1) is 11.0. The van der Waals surface area contributed by atoms with Gasteiger partial charge in [-0.1, -0.05) is 35.5 Å². The summed E-state index contributed by atoms with van der Waals surface area (Å²) >= 11 is 0. The normalized spacial score (nSPS) is 11.0.